The number of aliphatic hydroxyl groups is 1. The van der Waals surface area contributed by atoms with E-state index in [2.05, 4.69) is 5.32 Å². The highest BCUT2D eigenvalue weighted by atomic mass is 16.5. The average molecular weight is 391 g/mol. The van der Waals surface area contributed by atoms with Gasteiger partial charge in [-0.3, -0.25) is 4.79 Å². The van der Waals surface area contributed by atoms with Gasteiger partial charge in [-0.05, 0) is 48.7 Å². The molecule has 0 fully saturated rings. The molecule has 0 radical (unpaired) electrons. The molecule has 0 spiro atoms. The Morgan fingerprint density at radius 3 is 2.17 bits per heavy atom. The number of carbonyl (C=O) groups is 1. The van der Waals surface area contributed by atoms with Crippen LogP contribution in [0.1, 0.15) is 22.8 Å². The third kappa shape index (κ3) is 4.58. The summed E-state index contributed by atoms with van der Waals surface area (Å²) in [5, 5.41) is 13.3. The minimum absolute atomic E-state index is 0.485. The van der Waals surface area contributed by atoms with Crippen molar-refractivity contribution in [1.29, 1.82) is 0 Å². The van der Waals surface area contributed by atoms with Gasteiger partial charge in [0.25, 0.3) is 5.91 Å². The highest BCUT2D eigenvalue weighted by molar-refractivity contribution is 5.98. The summed E-state index contributed by atoms with van der Waals surface area (Å²) in [6.45, 7) is 3.91. The van der Waals surface area contributed by atoms with Gasteiger partial charge in [0.1, 0.15) is 0 Å². The lowest BCUT2D eigenvalue weighted by Crippen LogP contribution is -2.21. The summed E-state index contributed by atoms with van der Waals surface area (Å²) < 4.78 is 10.7. The van der Waals surface area contributed by atoms with E-state index < -0.39 is 12.0 Å². The fourth-order valence-electron chi connectivity index (χ4n) is 3.12. The van der Waals surface area contributed by atoms with Gasteiger partial charge in [0, 0.05) is 11.3 Å². The highest BCUT2D eigenvalue weighted by Gasteiger charge is 2.19. The Balaban J connectivity index is 1.93. The first kappa shape index (κ1) is 20.4. The molecule has 150 valence electrons. The van der Waals surface area contributed by atoms with E-state index in [0.29, 0.717) is 22.7 Å². The Morgan fingerprint density at radius 1 is 0.862 bits per heavy atom. The molecule has 1 unspecified atom stereocenters. The maximum Gasteiger partial charge on any atom is 0.257 e. The molecule has 1 amide bonds. The van der Waals surface area contributed by atoms with Crippen LogP contribution in [-0.4, -0.2) is 25.2 Å². The van der Waals surface area contributed by atoms with Gasteiger partial charge in [-0.1, -0.05) is 48.0 Å². The van der Waals surface area contributed by atoms with Crippen LogP contribution in [0.25, 0.3) is 11.1 Å². The van der Waals surface area contributed by atoms with Crippen molar-refractivity contribution < 1.29 is 19.4 Å². The molecule has 0 aliphatic heterocycles. The standard InChI is InChI=1S/C24H25NO4/c1-15-5-8-17(9-6-15)23(26)24(27)25-20-13-16(2)7-11-19(20)18-10-12-21(28-3)22(14-18)29-4/h5-14,23,26H,1-4H3,(H,25,27). The van der Waals surface area contributed by atoms with E-state index >= 15 is 0 Å². The third-order valence-electron chi connectivity index (χ3n) is 4.77. The van der Waals surface area contributed by atoms with Crippen LogP contribution in [0.2, 0.25) is 0 Å². The highest BCUT2D eigenvalue weighted by Crippen LogP contribution is 2.36. The van der Waals surface area contributed by atoms with Crippen molar-refractivity contribution in [3.8, 4) is 22.6 Å². The molecule has 0 aromatic heterocycles. The second kappa shape index (κ2) is 8.80. The Hall–Kier alpha value is -3.31. The number of ether oxygens (including phenoxy) is 2. The van der Waals surface area contributed by atoms with E-state index in [4.69, 9.17) is 9.47 Å². The molecule has 0 aliphatic carbocycles. The molecule has 5 heteroatoms. The van der Waals surface area contributed by atoms with Gasteiger partial charge in [-0.2, -0.15) is 0 Å². The summed E-state index contributed by atoms with van der Waals surface area (Å²) in [4.78, 5) is 12.7. The summed E-state index contributed by atoms with van der Waals surface area (Å²) in [6.07, 6.45) is -1.26. The van der Waals surface area contributed by atoms with E-state index in [1.807, 2.05) is 62.4 Å². The SMILES string of the molecule is COc1ccc(-c2ccc(C)cc2NC(=O)C(O)c2ccc(C)cc2)cc1OC. The Bertz CT molecular complexity index is 1010. The first-order valence-corrected chi connectivity index (χ1v) is 9.31. The van der Waals surface area contributed by atoms with Gasteiger partial charge in [0.15, 0.2) is 17.6 Å². The summed E-state index contributed by atoms with van der Waals surface area (Å²) in [5.74, 6) is 0.743. The van der Waals surface area contributed by atoms with Gasteiger partial charge >= 0.3 is 0 Å². The number of hydrogen-bond donors (Lipinski definition) is 2. The fourth-order valence-corrected chi connectivity index (χ4v) is 3.12. The molecule has 0 aliphatic rings. The number of aryl methyl sites for hydroxylation is 2. The smallest absolute Gasteiger partial charge is 0.257 e. The minimum atomic E-state index is -1.26. The van der Waals surface area contributed by atoms with Crippen molar-refractivity contribution in [3.63, 3.8) is 0 Å². The van der Waals surface area contributed by atoms with Crippen LogP contribution in [0.3, 0.4) is 0 Å². The zero-order chi connectivity index (χ0) is 21.0. The molecule has 0 heterocycles. The van der Waals surface area contributed by atoms with E-state index in [-0.39, 0.29) is 0 Å². The Morgan fingerprint density at radius 2 is 1.52 bits per heavy atom. The number of methoxy groups -OCH3 is 2. The van der Waals surface area contributed by atoms with Crippen molar-refractivity contribution in [2.45, 2.75) is 20.0 Å². The van der Waals surface area contributed by atoms with Crippen LogP contribution in [0.15, 0.2) is 60.7 Å². The van der Waals surface area contributed by atoms with E-state index in [9.17, 15) is 9.90 Å². The molecule has 5 nitrogen and oxygen atoms in total. The normalized spacial score (nSPS) is 11.6. The van der Waals surface area contributed by atoms with Gasteiger partial charge in [0.05, 0.1) is 14.2 Å². The number of benzene rings is 3. The molecule has 3 rings (SSSR count). The molecule has 29 heavy (non-hydrogen) atoms. The van der Waals surface area contributed by atoms with Crippen LogP contribution >= 0.6 is 0 Å². The molecular weight excluding hydrogens is 366 g/mol. The van der Waals surface area contributed by atoms with Crippen molar-refractivity contribution in [1.82, 2.24) is 0 Å². The van der Waals surface area contributed by atoms with Crippen LogP contribution in [0.5, 0.6) is 11.5 Å². The number of carbonyl (C=O) groups excluding carboxylic acids is 1. The average Bonchev–Trinajstić information content (AvgIpc) is 2.73. The summed E-state index contributed by atoms with van der Waals surface area (Å²) in [7, 11) is 3.17. The molecule has 0 saturated heterocycles. The van der Waals surface area contributed by atoms with Crippen molar-refractivity contribution >= 4 is 11.6 Å². The first-order chi connectivity index (χ1) is 13.9. The minimum Gasteiger partial charge on any atom is -0.493 e. The predicted octanol–water partition coefficient (Wildman–Crippen LogP) is 4.66. The summed E-state index contributed by atoms with van der Waals surface area (Å²) in [5.41, 5.74) is 4.91. The second-order valence-corrected chi connectivity index (χ2v) is 6.92. The monoisotopic (exact) mass is 391 g/mol. The molecule has 2 N–H and O–H groups in total. The molecular formula is C24H25NO4. The number of amides is 1. The van der Waals surface area contributed by atoms with Crippen LogP contribution in [0, 0.1) is 13.8 Å². The summed E-state index contributed by atoms with van der Waals surface area (Å²) >= 11 is 0. The lowest BCUT2D eigenvalue weighted by Gasteiger charge is -2.17. The molecule has 1 atom stereocenters. The second-order valence-electron chi connectivity index (χ2n) is 6.92. The van der Waals surface area contributed by atoms with Crippen molar-refractivity contribution in [3.05, 3.63) is 77.4 Å². The van der Waals surface area contributed by atoms with Gasteiger partial charge in [-0.15, -0.1) is 0 Å². The van der Waals surface area contributed by atoms with Crippen molar-refractivity contribution in [2.24, 2.45) is 0 Å². The van der Waals surface area contributed by atoms with E-state index in [0.717, 1.165) is 22.3 Å². The number of aliphatic hydroxyl groups excluding tert-OH is 1. The largest absolute Gasteiger partial charge is 0.493 e. The van der Waals surface area contributed by atoms with Crippen LogP contribution < -0.4 is 14.8 Å². The van der Waals surface area contributed by atoms with Crippen LogP contribution in [-0.2, 0) is 4.79 Å². The number of hydrogen-bond acceptors (Lipinski definition) is 4. The first-order valence-electron chi connectivity index (χ1n) is 9.31. The van der Waals surface area contributed by atoms with Crippen molar-refractivity contribution in [2.75, 3.05) is 19.5 Å². The van der Waals surface area contributed by atoms with E-state index in [1.54, 1.807) is 26.4 Å². The summed E-state index contributed by atoms with van der Waals surface area (Å²) in [6, 6.07) is 18.6. The lowest BCUT2D eigenvalue weighted by atomic mass is 10.0. The third-order valence-corrected chi connectivity index (χ3v) is 4.77. The Kier molecular flexibility index (Phi) is 6.20. The van der Waals surface area contributed by atoms with Gasteiger partial charge < -0.3 is 19.9 Å². The molecule has 0 bridgehead atoms. The topological polar surface area (TPSA) is 67.8 Å². The lowest BCUT2D eigenvalue weighted by molar-refractivity contribution is -0.124. The van der Waals surface area contributed by atoms with E-state index in [1.165, 1.54) is 0 Å². The quantitative estimate of drug-likeness (QED) is 0.641. The molecule has 3 aromatic rings. The van der Waals surface area contributed by atoms with Gasteiger partial charge in [0.2, 0.25) is 0 Å². The zero-order valence-corrected chi connectivity index (χ0v) is 17.0. The fraction of sp³-hybridized carbons (Fsp3) is 0.208. The number of rotatable bonds is 6. The number of nitrogens with one attached hydrogen (secondary N) is 1. The molecule has 0 saturated carbocycles. The maximum atomic E-state index is 12.7. The number of anilines is 1. The predicted molar refractivity (Wildman–Crippen MR) is 114 cm³/mol. The zero-order valence-electron chi connectivity index (χ0n) is 17.0. The van der Waals surface area contributed by atoms with Crippen LogP contribution in [0.4, 0.5) is 5.69 Å². The van der Waals surface area contributed by atoms with Gasteiger partial charge in [-0.25, -0.2) is 0 Å². The Labute approximate surface area is 170 Å². The molecule has 3 aromatic carbocycles. The maximum absolute atomic E-state index is 12.7.